The molecule has 166 valence electrons. The van der Waals surface area contributed by atoms with Crippen LogP contribution in [0.1, 0.15) is 22.4 Å². The van der Waals surface area contributed by atoms with Gasteiger partial charge in [-0.3, -0.25) is 0 Å². The fourth-order valence-corrected chi connectivity index (χ4v) is 3.84. The van der Waals surface area contributed by atoms with Gasteiger partial charge in [0.15, 0.2) is 17.1 Å². The SMILES string of the molecule is COc1ccc(-c2nc3c(Cl)cc(C(F)(F)F)cn3c2Cc2ccc(C)cc2)cc1OC. The molecule has 0 saturated carbocycles. The van der Waals surface area contributed by atoms with Gasteiger partial charge in [-0.15, -0.1) is 0 Å². The summed E-state index contributed by atoms with van der Waals surface area (Å²) >= 11 is 6.24. The van der Waals surface area contributed by atoms with Gasteiger partial charge in [0, 0.05) is 18.2 Å². The van der Waals surface area contributed by atoms with Crippen molar-refractivity contribution in [3.8, 4) is 22.8 Å². The van der Waals surface area contributed by atoms with E-state index in [1.807, 2.05) is 31.2 Å². The minimum absolute atomic E-state index is 0.0725. The monoisotopic (exact) mass is 460 g/mol. The summed E-state index contributed by atoms with van der Waals surface area (Å²) in [6, 6.07) is 14.0. The molecule has 4 rings (SSSR count). The Balaban J connectivity index is 1.97. The van der Waals surface area contributed by atoms with Gasteiger partial charge in [-0.2, -0.15) is 13.2 Å². The van der Waals surface area contributed by atoms with Gasteiger partial charge in [0.2, 0.25) is 0 Å². The minimum atomic E-state index is -4.53. The third kappa shape index (κ3) is 4.12. The molecule has 32 heavy (non-hydrogen) atoms. The van der Waals surface area contributed by atoms with E-state index >= 15 is 0 Å². The number of aromatic nitrogens is 2. The fraction of sp³-hybridized carbons (Fsp3) is 0.208. The standard InChI is InChI=1S/C24H20ClF3N2O2/c1-14-4-6-15(7-5-14)10-19-22(16-8-9-20(31-2)21(11-16)32-3)29-23-18(25)12-17(13-30(19)23)24(26,27)28/h4-9,11-13H,10H2,1-3H3. The predicted molar refractivity (Wildman–Crippen MR) is 118 cm³/mol. The summed E-state index contributed by atoms with van der Waals surface area (Å²) in [5.41, 5.74) is 3.24. The molecule has 0 fully saturated rings. The van der Waals surface area contributed by atoms with Gasteiger partial charge in [0.05, 0.1) is 36.2 Å². The Morgan fingerprint density at radius 2 is 1.66 bits per heavy atom. The smallest absolute Gasteiger partial charge is 0.417 e. The molecule has 0 saturated heterocycles. The number of nitrogens with zero attached hydrogens (tertiary/aromatic N) is 2. The third-order valence-electron chi connectivity index (χ3n) is 5.25. The number of fused-ring (bicyclic) bond motifs is 1. The van der Waals surface area contributed by atoms with Crippen LogP contribution in [0, 0.1) is 6.92 Å². The number of methoxy groups -OCH3 is 2. The average Bonchev–Trinajstić information content (AvgIpc) is 3.13. The molecule has 0 amide bonds. The van der Waals surface area contributed by atoms with Gasteiger partial charge < -0.3 is 13.9 Å². The van der Waals surface area contributed by atoms with Gasteiger partial charge in [-0.1, -0.05) is 41.4 Å². The molecule has 0 atom stereocenters. The van der Waals surface area contributed by atoms with Gasteiger partial charge in [0.1, 0.15) is 0 Å². The van der Waals surface area contributed by atoms with Crippen LogP contribution in [-0.2, 0) is 12.6 Å². The minimum Gasteiger partial charge on any atom is -0.493 e. The zero-order valence-corrected chi connectivity index (χ0v) is 18.4. The van der Waals surface area contributed by atoms with Gasteiger partial charge in [-0.05, 0) is 36.8 Å². The number of aryl methyl sites for hydroxylation is 1. The average molecular weight is 461 g/mol. The number of rotatable bonds is 5. The highest BCUT2D eigenvalue weighted by molar-refractivity contribution is 6.33. The highest BCUT2D eigenvalue weighted by Crippen LogP contribution is 2.37. The molecular weight excluding hydrogens is 441 g/mol. The fourth-order valence-electron chi connectivity index (χ4n) is 3.59. The Morgan fingerprint density at radius 1 is 0.969 bits per heavy atom. The largest absolute Gasteiger partial charge is 0.493 e. The van der Waals surface area contributed by atoms with Crippen molar-refractivity contribution in [1.82, 2.24) is 9.38 Å². The van der Waals surface area contributed by atoms with Crippen molar-refractivity contribution in [2.24, 2.45) is 0 Å². The van der Waals surface area contributed by atoms with Crippen molar-refractivity contribution >= 4 is 17.2 Å². The van der Waals surface area contributed by atoms with E-state index in [-0.39, 0.29) is 10.7 Å². The molecule has 0 aliphatic rings. The molecule has 2 heterocycles. The Hall–Kier alpha value is -3.19. The normalized spacial score (nSPS) is 11.7. The number of halogens is 4. The highest BCUT2D eigenvalue weighted by Gasteiger charge is 2.32. The Kier molecular flexibility index (Phi) is 5.77. The second-order valence-corrected chi connectivity index (χ2v) is 7.81. The van der Waals surface area contributed by atoms with E-state index < -0.39 is 11.7 Å². The van der Waals surface area contributed by atoms with Crippen LogP contribution in [0.3, 0.4) is 0 Å². The first kappa shape index (κ1) is 22.0. The second kappa shape index (κ2) is 8.39. The number of ether oxygens (including phenoxy) is 2. The molecule has 8 heteroatoms. The summed E-state index contributed by atoms with van der Waals surface area (Å²) in [6.45, 7) is 1.97. The Bertz CT molecular complexity index is 1280. The molecule has 2 aromatic heterocycles. The van der Waals surface area contributed by atoms with Crippen molar-refractivity contribution in [2.75, 3.05) is 14.2 Å². The van der Waals surface area contributed by atoms with Crippen LogP contribution in [0.25, 0.3) is 16.9 Å². The molecule has 0 aliphatic carbocycles. The first-order valence-electron chi connectivity index (χ1n) is 9.77. The first-order chi connectivity index (χ1) is 15.2. The zero-order valence-electron chi connectivity index (χ0n) is 17.6. The van der Waals surface area contributed by atoms with Crippen LogP contribution in [-0.4, -0.2) is 23.6 Å². The van der Waals surface area contributed by atoms with Crippen LogP contribution >= 0.6 is 11.6 Å². The zero-order chi connectivity index (χ0) is 23.0. The second-order valence-electron chi connectivity index (χ2n) is 7.41. The molecule has 0 radical (unpaired) electrons. The lowest BCUT2D eigenvalue weighted by molar-refractivity contribution is -0.137. The molecule has 0 spiro atoms. The van der Waals surface area contributed by atoms with E-state index in [1.165, 1.54) is 18.6 Å². The van der Waals surface area contributed by atoms with E-state index in [1.54, 1.807) is 18.2 Å². The van der Waals surface area contributed by atoms with E-state index in [0.29, 0.717) is 34.9 Å². The molecule has 4 nitrogen and oxygen atoms in total. The first-order valence-corrected chi connectivity index (χ1v) is 10.1. The number of alkyl halides is 3. The van der Waals surface area contributed by atoms with Gasteiger partial charge >= 0.3 is 6.18 Å². The summed E-state index contributed by atoms with van der Waals surface area (Å²) < 4.78 is 52.6. The predicted octanol–water partition coefficient (Wildman–Crippen LogP) is 6.59. The Morgan fingerprint density at radius 3 is 2.28 bits per heavy atom. The number of benzene rings is 2. The number of hydrogen-bond acceptors (Lipinski definition) is 3. The summed E-state index contributed by atoms with van der Waals surface area (Å²) in [7, 11) is 3.05. The van der Waals surface area contributed by atoms with Crippen molar-refractivity contribution in [3.05, 3.63) is 82.1 Å². The molecular formula is C24H20ClF3N2O2. The van der Waals surface area contributed by atoms with Crippen molar-refractivity contribution in [1.29, 1.82) is 0 Å². The maximum Gasteiger partial charge on any atom is 0.417 e. The van der Waals surface area contributed by atoms with Crippen molar-refractivity contribution < 1.29 is 22.6 Å². The molecule has 0 aliphatic heterocycles. The number of imidazole rings is 1. The quantitative estimate of drug-likeness (QED) is 0.337. The summed E-state index contributed by atoms with van der Waals surface area (Å²) in [4.78, 5) is 4.62. The maximum atomic E-state index is 13.5. The molecule has 4 aromatic rings. The summed E-state index contributed by atoms with van der Waals surface area (Å²) in [5, 5.41) is -0.0725. The molecule has 0 N–H and O–H groups in total. The lowest BCUT2D eigenvalue weighted by atomic mass is 10.0. The molecule has 2 aromatic carbocycles. The highest BCUT2D eigenvalue weighted by atomic mass is 35.5. The summed E-state index contributed by atoms with van der Waals surface area (Å²) in [6.07, 6.45) is -3.13. The van der Waals surface area contributed by atoms with E-state index in [0.717, 1.165) is 23.4 Å². The van der Waals surface area contributed by atoms with Gasteiger partial charge in [0.25, 0.3) is 0 Å². The van der Waals surface area contributed by atoms with Crippen LogP contribution in [0.2, 0.25) is 5.02 Å². The lowest BCUT2D eigenvalue weighted by Crippen LogP contribution is -2.08. The maximum absolute atomic E-state index is 13.5. The topological polar surface area (TPSA) is 35.8 Å². The van der Waals surface area contributed by atoms with Crippen LogP contribution in [0.15, 0.2) is 54.7 Å². The molecule has 0 bridgehead atoms. The van der Waals surface area contributed by atoms with Crippen LogP contribution in [0.4, 0.5) is 13.2 Å². The van der Waals surface area contributed by atoms with Gasteiger partial charge in [-0.25, -0.2) is 4.98 Å². The van der Waals surface area contributed by atoms with E-state index in [9.17, 15) is 13.2 Å². The summed E-state index contributed by atoms with van der Waals surface area (Å²) in [5.74, 6) is 1.03. The van der Waals surface area contributed by atoms with E-state index in [2.05, 4.69) is 4.98 Å². The number of pyridine rings is 1. The van der Waals surface area contributed by atoms with Crippen molar-refractivity contribution in [3.63, 3.8) is 0 Å². The number of hydrogen-bond donors (Lipinski definition) is 0. The van der Waals surface area contributed by atoms with E-state index in [4.69, 9.17) is 21.1 Å². The lowest BCUT2D eigenvalue weighted by Gasteiger charge is -2.12. The van der Waals surface area contributed by atoms with Crippen LogP contribution in [0.5, 0.6) is 11.5 Å². The van der Waals surface area contributed by atoms with Crippen LogP contribution < -0.4 is 9.47 Å². The molecule has 0 unspecified atom stereocenters. The third-order valence-corrected chi connectivity index (χ3v) is 5.53. The van der Waals surface area contributed by atoms with Crippen molar-refractivity contribution in [2.45, 2.75) is 19.5 Å². The Labute approximate surface area is 188 Å².